The summed E-state index contributed by atoms with van der Waals surface area (Å²) in [5, 5.41) is 22.4. The van der Waals surface area contributed by atoms with Crippen molar-refractivity contribution in [3.8, 4) is 0 Å². The van der Waals surface area contributed by atoms with Gasteiger partial charge >= 0.3 is 0 Å². The Kier molecular flexibility index (Phi) is 6.99. The van der Waals surface area contributed by atoms with Crippen LogP contribution in [0.15, 0.2) is 24.4 Å². The number of hydroxylamine groups is 2. The molecule has 31 heavy (non-hydrogen) atoms. The minimum absolute atomic E-state index is 0.200. The van der Waals surface area contributed by atoms with Crippen LogP contribution in [0.1, 0.15) is 69.4 Å². The Hall–Kier alpha value is -1.89. The van der Waals surface area contributed by atoms with Gasteiger partial charge in [0.2, 0.25) is 5.91 Å². The van der Waals surface area contributed by atoms with E-state index in [-0.39, 0.29) is 5.91 Å². The maximum Gasteiger partial charge on any atom is 0.247 e. The topological polar surface area (TPSA) is 79.8 Å². The molecule has 1 amide bonds. The van der Waals surface area contributed by atoms with Crippen molar-refractivity contribution in [3.05, 3.63) is 35.5 Å². The summed E-state index contributed by atoms with van der Waals surface area (Å²) in [6.45, 7) is 3.82. The van der Waals surface area contributed by atoms with Crippen LogP contribution < -0.4 is 0 Å². The molecule has 4 rings (SSSR count). The molecule has 1 aromatic carbocycles. The number of aromatic amines is 1. The number of benzene rings is 1. The predicted octanol–water partition coefficient (Wildman–Crippen LogP) is 4.04. The van der Waals surface area contributed by atoms with E-state index >= 15 is 0 Å². The summed E-state index contributed by atoms with van der Waals surface area (Å²) in [5.74, 6) is -0.200. The number of aromatic nitrogens is 1. The molecule has 1 saturated heterocycles. The van der Waals surface area contributed by atoms with E-state index in [1.54, 1.807) is 6.92 Å². The Bertz CT molecular complexity index is 887. The molecule has 1 aliphatic carbocycles. The number of aliphatic hydroxyl groups is 1. The summed E-state index contributed by atoms with van der Waals surface area (Å²) >= 11 is 0. The Balaban J connectivity index is 1.40. The third-order valence-electron chi connectivity index (χ3n) is 7.40. The molecule has 6 nitrogen and oxygen atoms in total. The average Bonchev–Trinajstić information content (AvgIpc) is 3.51. The number of rotatable bonds is 9. The third-order valence-corrected chi connectivity index (χ3v) is 7.40. The molecule has 1 aliphatic heterocycles. The van der Waals surface area contributed by atoms with E-state index in [1.165, 1.54) is 16.5 Å². The van der Waals surface area contributed by atoms with E-state index in [0.29, 0.717) is 25.6 Å². The Morgan fingerprint density at radius 3 is 2.87 bits per heavy atom. The largest absolute Gasteiger partial charge is 0.390 e. The van der Waals surface area contributed by atoms with Crippen molar-refractivity contribution in [1.29, 1.82) is 0 Å². The first-order valence-electron chi connectivity index (χ1n) is 12.0. The fraction of sp³-hybridized carbons (Fsp3) is 0.640. The number of nitrogens with one attached hydrogen (secondary N) is 1. The molecule has 0 spiro atoms. The van der Waals surface area contributed by atoms with Gasteiger partial charge in [-0.25, -0.2) is 5.06 Å². The number of carbonyl (C=O) groups excluding carboxylic acids is 1. The molecule has 1 saturated carbocycles. The number of fused-ring (bicyclic) bond motifs is 1. The molecule has 1 aromatic heterocycles. The van der Waals surface area contributed by atoms with Gasteiger partial charge in [0.1, 0.15) is 0 Å². The highest BCUT2D eigenvalue weighted by Gasteiger charge is 2.30. The second-order valence-electron chi connectivity index (χ2n) is 9.52. The SMILES string of the molecule is CCN(O)C(=O)CCN1CCC[C@@H]1Cc1c[nH]c2ccc(CCC3(O)CCCC3)cc12. The first kappa shape index (κ1) is 22.3. The summed E-state index contributed by atoms with van der Waals surface area (Å²) < 4.78 is 0. The van der Waals surface area contributed by atoms with E-state index in [9.17, 15) is 15.1 Å². The fourth-order valence-corrected chi connectivity index (χ4v) is 5.43. The van der Waals surface area contributed by atoms with E-state index < -0.39 is 5.60 Å². The molecule has 170 valence electrons. The van der Waals surface area contributed by atoms with Crippen molar-refractivity contribution >= 4 is 16.8 Å². The molecule has 2 fully saturated rings. The normalized spacial score (nSPS) is 21.2. The summed E-state index contributed by atoms with van der Waals surface area (Å²) in [4.78, 5) is 17.8. The number of hydrogen-bond acceptors (Lipinski definition) is 4. The van der Waals surface area contributed by atoms with Crippen molar-refractivity contribution in [3.63, 3.8) is 0 Å². The number of hydrogen-bond donors (Lipinski definition) is 3. The van der Waals surface area contributed by atoms with Gasteiger partial charge in [0.05, 0.1) is 5.60 Å². The molecule has 1 atom stereocenters. The van der Waals surface area contributed by atoms with Crippen LogP contribution in [-0.4, -0.2) is 62.4 Å². The second-order valence-corrected chi connectivity index (χ2v) is 9.52. The standard InChI is InChI=1S/C25H37N3O3/c1-2-28(31)24(29)10-15-27-14-5-6-21(27)17-20-18-26-23-8-7-19(16-22(20)23)9-13-25(30)11-3-4-12-25/h7-8,16,18,21,26,30-31H,2-6,9-15,17H2,1H3/t21-/m1/s1. The number of amides is 1. The van der Waals surface area contributed by atoms with Crippen molar-refractivity contribution in [2.75, 3.05) is 19.6 Å². The Morgan fingerprint density at radius 2 is 2.10 bits per heavy atom. The van der Waals surface area contributed by atoms with Gasteiger partial charge in [0.25, 0.3) is 0 Å². The van der Waals surface area contributed by atoms with Crippen LogP contribution in [0.25, 0.3) is 10.9 Å². The summed E-state index contributed by atoms with van der Waals surface area (Å²) in [7, 11) is 0. The van der Waals surface area contributed by atoms with Gasteiger partial charge in [-0.1, -0.05) is 18.9 Å². The average molecular weight is 428 g/mol. The summed E-state index contributed by atoms with van der Waals surface area (Å²) in [6, 6.07) is 7.08. The molecular weight excluding hydrogens is 390 g/mol. The lowest BCUT2D eigenvalue weighted by molar-refractivity contribution is -0.164. The quantitative estimate of drug-likeness (QED) is 0.417. The van der Waals surface area contributed by atoms with Crippen LogP contribution >= 0.6 is 0 Å². The van der Waals surface area contributed by atoms with Gasteiger partial charge in [0.15, 0.2) is 0 Å². The van der Waals surface area contributed by atoms with Crippen LogP contribution in [0, 0.1) is 0 Å². The third kappa shape index (κ3) is 5.30. The zero-order chi connectivity index (χ0) is 21.8. The van der Waals surface area contributed by atoms with E-state index in [4.69, 9.17) is 0 Å². The lowest BCUT2D eigenvalue weighted by Gasteiger charge is -2.25. The van der Waals surface area contributed by atoms with Crippen molar-refractivity contribution < 1.29 is 15.1 Å². The molecule has 3 N–H and O–H groups in total. The predicted molar refractivity (Wildman–Crippen MR) is 122 cm³/mol. The van der Waals surface area contributed by atoms with Gasteiger partial charge in [-0.3, -0.25) is 14.9 Å². The van der Waals surface area contributed by atoms with Gasteiger partial charge in [-0.2, -0.15) is 0 Å². The monoisotopic (exact) mass is 427 g/mol. The van der Waals surface area contributed by atoms with Crippen molar-refractivity contribution in [2.45, 2.75) is 82.8 Å². The zero-order valence-corrected chi connectivity index (χ0v) is 18.8. The van der Waals surface area contributed by atoms with Gasteiger partial charge in [-0.15, -0.1) is 0 Å². The molecule has 2 aliphatic rings. The molecule has 6 heteroatoms. The zero-order valence-electron chi connectivity index (χ0n) is 18.8. The van der Waals surface area contributed by atoms with Crippen molar-refractivity contribution in [1.82, 2.24) is 14.9 Å². The molecule has 2 heterocycles. The lowest BCUT2D eigenvalue weighted by Crippen LogP contribution is -2.36. The Labute approximate surface area is 185 Å². The number of aryl methyl sites for hydroxylation is 1. The molecule has 0 bridgehead atoms. The molecular formula is C25H37N3O3. The minimum atomic E-state index is -0.459. The van der Waals surface area contributed by atoms with Gasteiger partial charge in [-0.05, 0) is 81.7 Å². The van der Waals surface area contributed by atoms with Crippen LogP contribution in [0.5, 0.6) is 0 Å². The smallest absolute Gasteiger partial charge is 0.247 e. The number of H-pyrrole nitrogens is 1. The Morgan fingerprint density at radius 1 is 1.29 bits per heavy atom. The van der Waals surface area contributed by atoms with Crippen LogP contribution in [0.3, 0.4) is 0 Å². The van der Waals surface area contributed by atoms with Crippen molar-refractivity contribution in [2.24, 2.45) is 0 Å². The minimum Gasteiger partial charge on any atom is -0.390 e. The fourth-order valence-electron chi connectivity index (χ4n) is 5.43. The van der Waals surface area contributed by atoms with E-state index in [2.05, 4.69) is 34.3 Å². The lowest BCUT2D eigenvalue weighted by atomic mass is 9.92. The molecule has 0 radical (unpaired) electrons. The maximum absolute atomic E-state index is 12.0. The molecule has 0 unspecified atom stereocenters. The van der Waals surface area contributed by atoms with Crippen LogP contribution in [-0.2, 0) is 17.6 Å². The summed E-state index contributed by atoms with van der Waals surface area (Å²) in [5.41, 5.74) is 3.33. The second kappa shape index (κ2) is 9.72. The highest BCUT2D eigenvalue weighted by Crippen LogP contribution is 2.34. The molecule has 2 aromatic rings. The van der Waals surface area contributed by atoms with E-state index in [0.717, 1.165) is 74.9 Å². The highest BCUT2D eigenvalue weighted by molar-refractivity contribution is 5.84. The first-order chi connectivity index (χ1) is 15.0. The highest BCUT2D eigenvalue weighted by atomic mass is 16.5. The maximum atomic E-state index is 12.0. The first-order valence-corrected chi connectivity index (χ1v) is 12.0. The van der Waals surface area contributed by atoms with Crippen LogP contribution in [0.2, 0.25) is 0 Å². The number of carbonyl (C=O) groups is 1. The number of likely N-dealkylation sites (tertiary alicyclic amines) is 1. The van der Waals surface area contributed by atoms with E-state index in [1.807, 2.05) is 0 Å². The number of nitrogens with zero attached hydrogens (tertiary/aromatic N) is 2. The van der Waals surface area contributed by atoms with Gasteiger partial charge < -0.3 is 10.1 Å². The summed E-state index contributed by atoms with van der Waals surface area (Å²) in [6.07, 6.45) is 11.7. The van der Waals surface area contributed by atoms with Crippen LogP contribution in [0.4, 0.5) is 0 Å². The van der Waals surface area contributed by atoms with Gasteiger partial charge in [0, 0.05) is 42.7 Å².